The maximum Gasteiger partial charge on any atom is 0.271 e. The molecule has 3 heterocycles. The highest BCUT2D eigenvalue weighted by Gasteiger charge is 2.47. The van der Waals surface area contributed by atoms with Crippen LogP contribution in [0.3, 0.4) is 0 Å². The summed E-state index contributed by atoms with van der Waals surface area (Å²) in [4.78, 5) is 44.0. The van der Waals surface area contributed by atoms with Crippen molar-refractivity contribution in [2.24, 2.45) is 0 Å². The van der Waals surface area contributed by atoms with Gasteiger partial charge in [0.2, 0.25) is 5.91 Å². The minimum absolute atomic E-state index is 0.0605. The van der Waals surface area contributed by atoms with Gasteiger partial charge in [0.05, 0.1) is 6.10 Å². The quantitative estimate of drug-likeness (QED) is 0.785. The van der Waals surface area contributed by atoms with Gasteiger partial charge in [0.15, 0.2) is 5.78 Å². The zero-order valence-corrected chi connectivity index (χ0v) is 17.0. The third-order valence-electron chi connectivity index (χ3n) is 5.33. The molecule has 1 aromatic heterocycles. The van der Waals surface area contributed by atoms with Gasteiger partial charge < -0.3 is 15.0 Å². The summed E-state index contributed by atoms with van der Waals surface area (Å²) in [5, 5.41) is 5.29. The Morgan fingerprint density at radius 2 is 2.14 bits per heavy atom. The number of aromatic nitrogens is 1. The van der Waals surface area contributed by atoms with Gasteiger partial charge in [-0.05, 0) is 12.8 Å². The van der Waals surface area contributed by atoms with Crippen LogP contribution in [0.15, 0.2) is 35.7 Å². The Bertz CT molecular complexity index is 914. The van der Waals surface area contributed by atoms with Crippen molar-refractivity contribution in [2.75, 3.05) is 13.2 Å². The van der Waals surface area contributed by atoms with E-state index in [-0.39, 0.29) is 30.3 Å². The first-order valence-corrected chi connectivity index (χ1v) is 10.7. The Morgan fingerprint density at radius 1 is 1.34 bits per heavy atom. The molecule has 4 rings (SSSR count). The highest BCUT2D eigenvalue weighted by molar-refractivity contribution is 7.13. The normalized spacial score (nSPS) is 21.8. The molecule has 2 fully saturated rings. The van der Waals surface area contributed by atoms with Gasteiger partial charge in [0.1, 0.15) is 29.4 Å². The molecule has 0 bridgehead atoms. The summed E-state index contributed by atoms with van der Waals surface area (Å²) in [6, 6.07) is 8.45. The lowest BCUT2D eigenvalue weighted by Gasteiger charge is -2.27. The van der Waals surface area contributed by atoms with Crippen molar-refractivity contribution in [3.8, 4) is 10.6 Å². The lowest BCUT2D eigenvalue weighted by molar-refractivity contribution is -0.138. The summed E-state index contributed by atoms with van der Waals surface area (Å²) in [5.74, 6) is -0.653. The zero-order valence-electron chi connectivity index (χ0n) is 16.2. The molecule has 3 unspecified atom stereocenters. The summed E-state index contributed by atoms with van der Waals surface area (Å²) in [6.45, 7) is 2.50. The molecule has 152 valence electrons. The van der Waals surface area contributed by atoms with E-state index in [1.54, 1.807) is 10.3 Å². The molecule has 1 N–H and O–H groups in total. The van der Waals surface area contributed by atoms with Crippen molar-refractivity contribution in [3.05, 3.63) is 41.4 Å². The van der Waals surface area contributed by atoms with Crippen LogP contribution in [0.2, 0.25) is 0 Å². The molecule has 3 atom stereocenters. The van der Waals surface area contributed by atoms with E-state index in [1.165, 1.54) is 11.3 Å². The van der Waals surface area contributed by atoms with Gasteiger partial charge in [0, 0.05) is 17.5 Å². The monoisotopic (exact) mass is 413 g/mol. The van der Waals surface area contributed by atoms with Gasteiger partial charge in [-0.1, -0.05) is 43.7 Å². The molecular weight excluding hydrogens is 390 g/mol. The fourth-order valence-electron chi connectivity index (χ4n) is 3.91. The average molecular weight is 413 g/mol. The van der Waals surface area contributed by atoms with Gasteiger partial charge in [0.25, 0.3) is 5.91 Å². The van der Waals surface area contributed by atoms with Crippen molar-refractivity contribution >= 4 is 28.9 Å². The number of hydrogen-bond acceptors (Lipinski definition) is 6. The standard InChI is InChI=1S/C21H23N3O4S/c1-2-6-14(21(27)24-10-9-17-18(24)16(25)11-28-17)22-19(26)15-12-29-20(23-15)13-7-4-3-5-8-13/h3-5,7-8,12,14,17-18H,2,6,9-11H2,1H3,(H,22,26). The van der Waals surface area contributed by atoms with Crippen LogP contribution in [0.5, 0.6) is 0 Å². The summed E-state index contributed by atoms with van der Waals surface area (Å²) < 4.78 is 5.47. The first-order valence-electron chi connectivity index (χ1n) is 9.85. The predicted octanol–water partition coefficient (Wildman–Crippen LogP) is 2.28. The van der Waals surface area contributed by atoms with Crippen LogP contribution in [-0.2, 0) is 14.3 Å². The first-order chi connectivity index (χ1) is 14.1. The molecule has 0 spiro atoms. The van der Waals surface area contributed by atoms with Crippen LogP contribution in [0.1, 0.15) is 36.7 Å². The molecule has 29 heavy (non-hydrogen) atoms. The van der Waals surface area contributed by atoms with Crippen LogP contribution in [-0.4, -0.2) is 58.8 Å². The number of ketones is 1. The Labute approximate surface area is 173 Å². The van der Waals surface area contributed by atoms with Gasteiger partial charge in [-0.25, -0.2) is 4.98 Å². The van der Waals surface area contributed by atoms with E-state index in [9.17, 15) is 14.4 Å². The van der Waals surface area contributed by atoms with Crippen LogP contribution in [0.25, 0.3) is 10.6 Å². The van der Waals surface area contributed by atoms with E-state index in [0.717, 1.165) is 17.0 Å². The maximum absolute atomic E-state index is 13.1. The molecule has 2 amide bonds. The molecule has 1 aromatic carbocycles. The Kier molecular flexibility index (Phi) is 5.73. The second kappa shape index (κ2) is 8.42. The van der Waals surface area contributed by atoms with Crippen molar-refractivity contribution in [1.29, 1.82) is 0 Å². The van der Waals surface area contributed by atoms with Gasteiger partial charge in [-0.2, -0.15) is 0 Å². The van der Waals surface area contributed by atoms with Gasteiger partial charge in [-0.15, -0.1) is 11.3 Å². The number of carbonyl (C=O) groups excluding carboxylic acids is 3. The first kappa shape index (κ1) is 19.7. The van der Waals surface area contributed by atoms with Gasteiger partial charge >= 0.3 is 0 Å². The van der Waals surface area contributed by atoms with Crippen molar-refractivity contribution in [1.82, 2.24) is 15.2 Å². The largest absolute Gasteiger partial charge is 0.368 e. The average Bonchev–Trinajstić information content (AvgIpc) is 3.46. The van der Waals surface area contributed by atoms with Crippen LogP contribution in [0.4, 0.5) is 0 Å². The van der Waals surface area contributed by atoms with E-state index < -0.39 is 12.1 Å². The molecule has 2 aliphatic heterocycles. The number of nitrogens with zero attached hydrogens (tertiary/aromatic N) is 2. The molecule has 7 nitrogen and oxygen atoms in total. The Hall–Kier alpha value is -2.58. The summed E-state index contributed by atoms with van der Waals surface area (Å²) in [6.07, 6.45) is 1.68. The number of Topliss-reactive ketones (excluding diaryl/α,β-unsaturated/α-hetero) is 1. The maximum atomic E-state index is 13.1. The van der Waals surface area contributed by atoms with Crippen LogP contribution in [0, 0.1) is 0 Å². The second-order valence-corrected chi connectivity index (χ2v) is 8.16. The molecule has 2 aromatic rings. The number of rotatable bonds is 6. The number of nitrogens with one attached hydrogen (secondary N) is 1. The highest BCUT2D eigenvalue weighted by atomic mass is 32.1. The number of benzene rings is 1. The number of fused-ring (bicyclic) bond motifs is 1. The number of amides is 2. The molecule has 2 saturated heterocycles. The third kappa shape index (κ3) is 3.95. The van der Waals surface area contributed by atoms with Gasteiger partial charge in [-0.3, -0.25) is 14.4 Å². The number of likely N-dealkylation sites (tertiary alicyclic amines) is 1. The third-order valence-corrected chi connectivity index (χ3v) is 6.22. The van der Waals surface area contributed by atoms with E-state index in [0.29, 0.717) is 25.1 Å². The topological polar surface area (TPSA) is 88.6 Å². The van der Waals surface area contributed by atoms with Crippen molar-refractivity contribution in [3.63, 3.8) is 0 Å². The lowest BCUT2D eigenvalue weighted by atomic mass is 10.1. The van der Waals surface area contributed by atoms with E-state index >= 15 is 0 Å². The fraction of sp³-hybridized carbons (Fsp3) is 0.429. The summed E-state index contributed by atoms with van der Waals surface area (Å²) >= 11 is 1.39. The Balaban J connectivity index is 1.47. The van der Waals surface area contributed by atoms with E-state index in [1.807, 2.05) is 37.3 Å². The summed E-state index contributed by atoms with van der Waals surface area (Å²) in [5.41, 5.74) is 1.24. The number of carbonyl (C=O) groups is 3. The molecular formula is C21H23N3O4S. The minimum Gasteiger partial charge on any atom is -0.368 e. The molecule has 0 aliphatic carbocycles. The van der Waals surface area contributed by atoms with Crippen LogP contribution < -0.4 is 5.32 Å². The Morgan fingerprint density at radius 3 is 2.90 bits per heavy atom. The SMILES string of the molecule is CCCC(NC(=O)c1csc(-c2ccccc2)n1)C(=O)N1CCC2OCC(=O)C21. The molecule has 8 heteroatoms. The van der Waals surface area contributed by atoms with Crippen LogP contribution >= 0.6 is 11.3 Å². The smallest absolute Gasteiger partial charge is 0.271 e. The number of ether oxygens (including phenoxy) is 1. The van der Waals surface area contributed by atoms with Crippen molar-refractivity contribution in [2.45, 2.75) is 44.4 Å². The van der Waals surface area contributed by atoms with E-state index in [4.69, 9.17) is 4.74 Å². The summed E-state index contributed by atoms with van der Waals surface area (Å²) in [7, 11) is 0. The highest BCUT2D eigenvalue weighted by Crippen LogP contribution is 2.28. The second-order valence-electron chi connectivity index (χ2n) is 7.30. The number of hydrogen-bond donors (Lipinski definition) is 1. The van der Waals surface area contributed by atoms with Crippen molar-refractivity contribution < 1.29 is 19.1 Å². The fourth-order valence-corrected chi connectivity index (χ4v) is 4.72. The number of thiazole rings is 1. The van der Waals surface area contributed by atoms with E-state index in [2.05, 4.69) is 10.3 Å². The predicted molar refractivity (Wildman–Crippen MR) is 109 cm³/mol. The molecule has 0 saturated carbocycles. The lowest BCUT2D eigenvalue weighted by Crippen LogP contribution is -2.52. The molecule has 2 aliphatic rings. The molecule has 0 radical (unpaired) electrons. The minimum atomic E-state index is -0.679. The zero-order chi connectivity index (χ0) is 20.4.